The van der Waals surface area contributed by atoms with Crippen LogP contribution < -0.4 is 9.46 Å². The van der Waals surface area contributed by atoms with E-state index in [0.29, 0.717) is 17.7 Å². The van der Waals surface area contributed by atoms with Crippen LogP contribution in [0.25, 0.3) is 0 Å². The lowest BCUT2D eigenvalue weighted by Crippen LogP contribution is -2.24. The molecule has 1 heterocycles. The van der Waals surface area contributed by atoms with Crippen molar-refractivity contribution in [3.63, 3.8) is 0 Å². The van der Waals surface area contributed by atoms with E-state index in [2.05, 4.69) is 4.72 Å². The number of aryl methyl sites for hydroxylation is 1. The third-order valence-corrected chi connectivity index (χ3v) is 5.73. The average Bonchev–Trinajstić information content (AvgIpc) is 3.12. The normalized spacial score (nSPS) is 11.2. The van der Waals surface area contributed by atoms with Crippen LogP contribution in [0.3, 0.4) is 0 Å². The molecule has 7 nitrogen and oxygen atoms in total. The number of carbonyl (C=O) groups excluding carboxylic acids is 2. The van der Waals surface area contributed by atoms with Gasteiger partial charge in [0.05, 0.1) is 18.2 Å². The van der Waals surface area contributed by atoms with Crippen LogP contribution in [0.15, 0.2) is 36.4 Å². The summed E-state index contributed by atoms with van der Waals surface area (Å²) in [7, 11) is -1.64. The first-order chi connectivity index (χ1) is 13.3. The molecular formula is C19H23NO6S2. The smallest absolute Gasteiger partial charge is 0.306 e. The van der Waals surface area contributed by atoms with Gasteiger partial charge in [-0.1, -0.05) is 12.1 Å². The molecule has 1 N–H and O–H groups in total. The Kier molecular flexibility index (Phi) is 8.16. The summed E-state index contributed by atoms with van der Waals surface area (Å²) in [5.41, 5.74) is 0.981. The zero-order valence-corrected chi connectivity index (χ0v) is 17.4. The van der Waals surface area contributed by atoms with Crippen molar-refractivity contribution < 1.29 is 27.5 Å². The highest BCUT2D eigenvalue weighted by atomic mass is 32.2. The monoisotopic (exact) mass is 425 g/mol. The van der Waals surface area contributed by atoms with Crippen LogP contribution in [0.1, 0.15) is 26.5 Å². The van der Waals surface area contributed by atoms with Gasteiger partial charge >= 0.3 is 5.97 Å². The summed E-state index contributed by atoms with van der Waals surface area (Å²) in [6.07, 6.45) is 2.30. The molecule has 0 amide bonds. The second kappa shape index (κ2) is 10.4. The highest BCUT2D eigenvalue weighted by Gasteiger charge is 2.13. The number of ether oxygens (including phenoxy) is 2. The van der Waals surface area contributed by atoms with E-state index in [1.165, 1.54) is 11.3 Å². The maximum absolute atomic E-state index is 12.1. The number of carbonyl (C=O) groups is 2. The number of sulfonamides is 1. The molecule has 0 aliphatic heterocycles. The van der Waals surface area contributed by atoms with Crippen molar-refractivity contribution in [3.05, 3.63) is 51.7 Å². The Balaban J connectivity index is 1.73. The van der Waals surface area contributed by atoms with Crippen molar-refractivity contribution in [1.82, 2.24) is 4.72 Å². The molecule has 0 aliphatic carbocycles. The van der Waals surface area contributed by atoms with Crippen LogP contribution in [0, 0.1) is 0 Å². The minimum atomic E-state index is -3.23. The maximum atomic E-state index is 12.1. The number of benzene rings is 1. The van der Waals surface area contributed by atoms with E-state index in [9.17, 15) is 18.0 Å². The van der Waals surface area contributed by atoms with Gasteiger partial charge in [0.1, 0.15) is 5.75 Å². The molecule has 2 aromatic rings. The molecule has 0 unspecified atom stereocenters. The lowest BCUT2D eigenvalue weighted by Gasteiger charge is -2.05. The first-order valence-electron chi connectivity index (χ1n) is 8.62. The summed E-state index contributed by atoms with van der Waals surface area (Å²) in [6, 6.07) is 10.8. The van der Waals surface area contributed by atoms with Crippen LogP contribution in [0.2, 0.25) is 0 Å². The number of Topliss-reactive ketones (excluding diaryl/α,β-unsaturated/α-hetero) is 1. The van der Waals surface area contributed by atoms with Gasteiger partial charge in [0.2, 0.25) is 15.8 Å². The fourth-order valence-electron chi connectivity index (χ4n) is 2.35. The molecule has 9 heteroatoms. The number of rotatable bonds is 11. The van der Waals surface area contributed by atoms with E-state index in [0.717, 1.165) is 22.4 Å². The summed E-state index contributed by atoms with van der Waals surface area (Å²) in [5.74, 6) is 0.0442. The zero-order chi connectivity index (χ0) is 20.6. The lowest BCUT2D eigenvalue weighted by molar-refractivity contribution is -0.142. The van der Waals surface area contributed by atoms with Gasteiger partial charge in [-0.2, -0.15) is 0 Å². The second-order valence-electron chi connectivity index (χ2n) is 6.11. The Morgan fingerprint density at radius 1 is 1.07 bits per heavy atom. The summed E-state index contributed by atoms with van der Waals surface area (Å²) < 4.78 is 34.6. The molecule has 28 heavy (non-hydrogen) atoms. The third-order valence-electron chi connectivity index (χ3n) is 3.81. The highest BCUT2D eigenvalue weighted by Crippen LogP contribution is 2.18. The number of hydrogen-bond acceptors (Lipinski definition) is 7. The molecular weight excluding hydrogens is 402 g/mol. The van der Waals surface area contributed by atoms with Gasteiger partial charge in [-0.3, -0.25) is 9.59 Å². The predicted octanol–water partition coefficient (Wildman–Crippen LogP) is 2.21. The summed E-state index contributed by atoms with van der Waals surface area (Å²) in [5, 5.41) is 0. The topological polar surface area (TPSA) is 98.8 Å². The van der Waals surface area contributed by atoms with Gasteiger partial charge in [-0.15, -0.1) is 11.3 Å². The van der Waals surface area contributed by atoms with Gasteiger partial charge in [0.15, 0.2) is 6.61 Å². The lowest BCUT2D eigenvalue weighted by atomic mass is 10.1. The van der Waals surface area contributed by atoms with Crippen molar-refractivity contribution >= 4 is 33.1 Å². The van der Waals surface area contributed by atoms with Crippen molar-refractivity contribution in [3.8, 4) is 5.75 Å². The molecule has 2 rings (SSSR count). The molecule has 1 aromatic heterocycles. The van der Waals surface area contributed by atoms with Gasteiger partial charge < -0.3 is 9.47 Å². The van der Waals surface area contributed by atoms with Crippen LogP contribution >= 0.6 is 11.3 Å². The molecule has 0 aliphatic rings. The van der Waals surface area contributed by atoms with Gasteiger partial charge in [-0.05, 0) is 42.7 Å². The van der Waals surface area contributed by atoms with Gasteiger partial charge in [0.25, 0.3) is 0 Å². The molecule has 0 bridgehead atoms. The quantitative estimate of drug-likeness (QED) is 0.438. The molecule has 0 radical (unpaired) electrons. The van der Waals surface area contributed by atoms with E-state index in [-0.39, 0.29) is 25.4 Å². The second-order valence-corrected chi connectivity index (χ2v) is 9.12. The van der Waals surface area contributed by atoms with Crippen molar-refractivity contribution in [2.45, 2.75) is 19.3 Å². The Hall–Kier alpha value is -2.23. The van der Waals surface area contributed by atoms with E-state index in [4.69, 9.17) is 9.47 Å². The zero-order valence-electron chi connectivity index (χ0n) is 15.8. The number of hydrogen-bond donors (Lipinski definition) is 1. The summed E-state index contributed by atoms with van der Waals surface area (Å²) >= 11 is 1.27. The molecule has 0 spiro atoms. The minimum absolute atomic E-state index is 0.187. The largest absolute Gasteiger partial charge is 0.497 e. The number of esters is 1. The molecule has 0 atom stereocenters. The van der Waals surface area contributed by atoms with E-state index in [1.807, 2.05) is 24.3 Å². The van der Waals surface area contributed by atoms with Crippen LogP contribution in [0.5, 0.6) is 5.75 Å². The Morgan fingerprint density at radius 2 is 1.79 bits per heavy atom. The Labute approximate surface area is 168 Å². The number of thiophene rings is 1. The average molecular weight is 426 g/mol. The fourth-order valence-corrected chi connectivity index (χ4v) is 3.75. The maximum Gasteiger partial charge on any atom is 0.306 e. The first kappa shape index (κ1) is 22.1. The van der Waals surface area contributed by atoms with Gasteiger partial charge in [-0.25, -0.2) is 13.1 Å². The van der Waals surface area contributed by atoms with Crippen LogP contribution in [0.4, 0.5) is 0 Å². The fraction of sp³-hybridized carbons (Fsp3) is 0.368. The summed E-state index contributed by atoms with van der Waals surface area (Å²) in [6.45, 7) is -0.0314. The highest BCUT2D eigenvalue weighted by molar-refractivity contribution is 7.88. The summed E-state index contributed by atoms with van der Waals surface area (Å²) in [4.78, 5) is 25.4. The van der Waals surface area contributed by atoms with Crippen molar-refractivity contribution in [1.29, 1.82) is 0 Å². The number of nitrogens with one attached hydrogen (secondary N) is 1. The molecule has 1 aromatic carbocycles. The molecule has 152 valence electrons. The Morgan fingerprint density at radius 3 is 2.43 bits per heavy atom. The number of ketones is 1. The van der Waals surface area contributed by atoms with E-state index in [1.54, 1.807) is 19.2 Å². The Bertz CT molecular complexity index is 903. The van der Waals surface area contributed by atoms with E-state index >= 15 is 0 Å². The third kappa shape index (κ3) is 7.79. The first-order valence-corrected chi connectivity index (χ1v) is 11.3. The van der Waals surface area contributed by atoms with Crippen molar-refractivity contribution in [2.24, 2.45) is 0 Å². The minimum Gasteiger partial charge on any atom is -0.497 e. The molecule has 0 fully saturated rings. The SMILES string of the molecule is COc1ccc(CCC(=O)OCC(=O)c2ccc(CCNS(C)(=O)=O)s2)cc1. The molecule has 0 saturated heterocycles. The number of methoxy groups -OCH3 is 1. The van der Waals surface area contributed by atoms with Crippen LogP contribution in [-0.2, 0) is 32.4 Å². The van der Waals surface area contributed by atoms with Gasteiger partial charge in [0, 0.05) is 17.8 Å². The van der Waals surface area contributed by atoms with E-state index < -0.39 is 16.0 Å². The standard InChI is InChI=1S/C19H23NO6S2/c1-25-15-6-3-14(4-7-15)5-10-19(22)26-13-17(21)18-9-8-16(27-18)11-12-20-28(2,23)24/h3-4,6-9,20H,5,10-13H2,1-2H3. The molecule has 0 saturated carbocycles. The predicted molar refractivity (Wildman–Crippen MR) is 107 cm³/mol. The van der Waals surface area contributed by atoms with Crippen LogP contribution in [-0.4, -0.2) is 46.7 Å². The van der Waals surface area contributed by atoms with Crippen molar-refractivity contribution in [2.75, 3.05) is 26.5 Å².